The van der Waals surface area contributed by atoms with E-state index in [1.807, 2.05) is 34.5 Å². The van der Waals surface area contributed by atoms with Crippen molar-refractivity contribution in [2.75, 3.05) is 19.6 Å². The zero-order valence-corrected chi connectivity index (χ0v) is 16.1. The first kappa shape index (κ1) is 18.0. The lowest BCUT2D eigenvalue weighted by Gasteiger charge is -2.36. The molecule has 0 radical (unpaired) electrons. The van der Waals surface area contributed by atoms with Gasteiger partial charge in [0.1, 0.15) is 10.7 Å². The van der Waals surface area contributed by atoms with E-state index in [4.69, 9.17) is 11.6 Å². The molecule has 1 amide bonds. The maximum absolute atomic E-state index is 13.0. The highest BCUT2D eigenvalue weighted by Crippen LogP contribution is 2.26. The van der Waals surface area contributed by atoms with Gasteiger partial charge in [0.25, 0.3) is 0 Å². The Morgan fingerprint density at radius 1 is 1.37 bits per heavy atom. The minimum absolute atomic E-state index is 0.0250. The number of carbonyl (C=O) groups is 1. The van der Waals surface area contributed by atoms with Gasteiger partial charge in [-0.2, -0.15) is 0 Å². The first-order chi connectivity index (χ1) is 13.2. The van der Waals surface area contributed by atoms with Crippen molar-refractivity contribution < 1.29 is 4.79 Å². The van der Waals surface area contributed by atoms with Crippen LogP contribution in [0.15, 0.2) is 48.2 Å². The van der Waals surface area contributed by atoms with Crippen molar-refractivity contribution in [3.8, 4) is 10.7 Å². The highest BCUT2D eigenvalue weighted by molar-refractivity contribution is 7.13. The number of thiazole rings is 1. The Morgan fingerprint density at radius 3 is 3.11 bits per heavy atom. The van der Waals surface area contributed by atoms with Crippen molar-refractivity contribution in [3.63, 3.8) is 0 Å². The van der Waals surface area contributed by atoms with Crippen LogP contribution in [0.5, 0.6) is 0 Å². The zero-order chi connectivity index (χ0) is 18.6. The van der Waals surface area contributed by atoms with E-state index in [-0.39, 0.29) is 18.4 Å². The van der Waals surface area contributed by atoms with Crippen molar-refractivity contribution in [1.82, 2.24) is 25.2 Å². The number of hydrogen-bond donors (Lipinski definition) is 1. The van der Waals surface area contributed by atoms with Gasteiger partial charge in [0.05, 0.1) is 24.4 Å². The molecule has 6 nitrogen and oxygen atoms in total. The Hall–Kier alpha value is -2.35. The number of piperazine rings is 1. The molecule has 138 valence electrons. The van der Waals surface area contributed by atoms with Crippen LogP contribution in [0.1, 0.15) is 17.3 Å². The second kappa shape index (κ2) is 8.12. The van der Waals surface area contributed by atoms with Gasteiger partial charge in [0.15, 0.2) is 0 Å². The van der Waals surface area contributed by atoms with Gasteiger partial charge in [-0.25, -0.2) is 4.98 Å². The minimum atomic E-state index is -0.0250. The van der Waals surface area contributed by atoms with Crippen LogP contribution >= 0.6 is 22.9 Å². The number of amides is 1. The van der Waals surface area contributed by atoms with Crippen molar-refractivity contribution >= 4 is 28.8 Å². The topological polar surface area (TPSA) is 71.0 Å². The fraction of sp³-hybridized carbons (Fsp3) is 0.263. The zero-order valence-electron chi connectivity index (χ0n) is 14.5. The lowest BCUT2D eigenvalue weighted by Crippen LogP contribution is -2.49. The van der Waals surface area contributed by atoms with E-state index in [9.17, 15) is 4.79 Å². The Balaban J connectivity index is 1.50. The largest absolute Gasteiger partial charge is 0.333 e. The molecule has 1 saturated heterocycles. The van der Waals surface area contributed by atoms with Crippen LogP contribution in [0, 0.1) is 0 Å². The highest BCUT2D eigenvalue weighted by atomic mass is 35.5. The van der Waals surface area contributed by atoms with Crippen LogP contribution in [0.2, 0.25) is 5.02 Å². The van der Waals surface area contributed by atoms with E-state index in [1.54, 1.807) is 18.6 Å². The quantitative estimate of drug-likeness (QED) is 0.730. The normalized spacial score (nSPS) is 17.1. The summed E-state index contributed by atoms with van der Waals surface area (Å²) in [6.07, 6.45) is 5.21. The SMILES string of the molecule is O=C(Cc1csc(-c2cnccn2)n1)N1CCNCC1c1cccc(Cl)c1. The monoisotopic (exact) mass is 399 g/mol. The second-order valence-corrected chi connectivity index (χ2v) is 7.57. The molecule has 4 rings (SSSR count). The highest BCUT2D eigenvalue weighted by Gasteiger charge is 2.28. The molecule has 1 aliphatic rings. The predicted octanol–water partition coefficient (Wildman–Crippen LogP) is 2.97. The number of nitrogens with one attached hydrogen (secondary N) is 1. The first-order valence-corrected chi connectivity index (χ1v) is 9.93. The van der Waals surface area contributed by atoms with E-state index >= 15 is 0 Å². The summed E-state index contributed by atoms with van der Waals surface area (Å²) in [5.41, 5.74) is 2.52. The molecule has 3 aromatic rings. The maximum atomic E-state index is 13.0. The van der Waals surface area contributed by atoms with Crippen LogP contribution in [0.25, 0.3) is 10.7 Å². The molecule has 1 aliphatic heterocycles. The van der Waals surface area contributed by atoms with E-state index in [1.165, 1.54) is 11.3 Å². The molecule has 0 bridgehead atoms. The van der Waals surface area contributed by atoms with Crippen molar-refractivity contribution in [2.45, 2.75) is 12.5 Å². The minimum Gasteiger partial charge on any atom is -0.333 e. The fourth-order valence-electron chi connectivity index (χ4n) is 3.19. The summed E-state index contributed by atoms with van der Waals surface area (Å²) in [5.74, 6) is 0.0671. The maximum Gasteiger partial charge on any atom is 0.229 e. The summed E-state index contributed by atoms with van der Waals surface area (Å²) in [7, 11) is 0. The predicted molar refractivity (Wildman–Crippen MR) is 106 cm³/mol. The number of benzene rings is 1. The average molecular weight is 400 g/mol. The number of halogens is 1. The molecule has 1 fully saturated rings. The number of carbonyl (C=O) groups excluding carboxylic acids is 1. The third kappa shape index (κ3) is 4.16. The first-order valence-electron chi connectivity index (χ1n) is 8.67. The Bertz CT molecular complexity index is 933. The standard InChI is InChI=1S/C19H18ClN5OS/c20-14-3-1-2-13(8-14)17-11-22-6-7-25(17)18(26)9-15-12-27-19(24-15)16-10-21-4-5-23-16/h1-5,8,10,12,17,22H,6-7,9,11H2. The number of nitrogens with zero attached hydrogens (tertiary/aromatic N) is 4. The second-order valence-electron chi connectivity index (χ2n) is 6.27. The summed E-state index contributed by atoms with van der Waals surface area (Å²) in [5, 5.41) is 6.73. The summed E-state index contributed by atoms with van der Waals surface area (Å²) in [4.78, 5) is 27.8. The van der Waals surface area contributed by atoms with Crippen LogP contribution in [0.3, 0.4) is 0 Å². The van der Waals surface area contributed by atoms with Gasteiger partial charge in [0, 0.05) is 42.4 Å². The van der Waals surface area contributed by atoms with Crippen molar-refractivity contribution in [3.05, 3.63) is 64.5 Å². The van der Waals surface area contributed by atoms with Gasteiger partial charge >= 0.3 is 0 Å². The summed E-state index contributed by atoms with van der Waals surface area (Å²) >= 11 is 7.61. The van der Waals surface area contributed by atoms with Gasteiger partial charge in [-0.05, 0) is 17.7 Å². The summed E-state index contributed by atoms with van der Waals surface area (Å²) in [6, 6.07) is 7.68. The third-order valence-electron chi connectivity index (χ3n) is 4.46. The number of rotatable bonds is 4. The van der Waals surface area contributed by atoms with Crippen molar-refractivity contribution in [1.29, 1.82) is 0 Å². The van der Waals surface area contributed by atoms with E-state index < -0.39 is 0 Å². The van der Waals surface area contributed by atoms with Gasteiger partial charge in [0.2, 0.25) is 5.91 Å². The Labute approximate surface area is 166 Å². The molecule has 27 heavy (non-hydrogen) atoms. The molecule has 8 heteroatoms. The molecule has 0 aliphatic carbocycles. The molecule has 2 aromatic heterocycles. The van der Waals surface area contributed by atoms with Crippen LogP contribution in [0.4, 0.5) is 0 Å². The molecule has 0 saturated carbocycles. The fourth-order valence-corrected chi connectivity index (χ4v) is 4.16. The molecule has 1 atom stereocenters. The van der Waals surface area contributed by atoms with Crippen LogP contribution in [-0.2, 0) is 11.2 Å². The number of hydrogen-bond acceptors (Lipinski definition) is 6. The lowest BCUT2D eigenvalue weighted by molar-refractivity contribution is -0.133. The van der Waals surface area contributed by atoms with E-state index in [0.717, 1.165) is 28.5 Å². The lowest BCUT2D eigenvalue weighted by atomic mass is 10.0. The molecular weight excluding hydrogens is 382 g/mol. The van der Waals surface area contributed by atoms with Gasteiger partial charge in [-0.1, -0.05) is 23.7 Å². The van der Waals surface area contributed by atoms with E-state index in [2.05, 4.69) is 20.3 Å². The third-order valence-corrected chi connectivity index (χ3v) is 5.61. The van der Waals surface area contributed by atoms with Gasteiger partial charge in [-0.15, -0.1) is 11.3 Å². The summed E-state index contributed by atoms with van der Waals surface area (Å²) in [6.45, 7) is 2.16. The number of aromatic nitrogens is 3. The van der Waals surface area contributed by atoms with Gasteiger partial charge < -0.3 is 10.2 Å². The molecule has 1 unspecified atom stereocenters. The molecular formula is C19H18ClN5OS. The average Bonchev–Trinajstić information content (AvgIpc) is 3.17. The van der Waals surface area contributed by atoms with E-state index in [0.29, 0.717) is 18.1 Å². The van der Waals surface area contributed by atoms with Gasteiger partial charge in [-0.3, -0.25) is 14.8 Å². The molecule has 0 spiro atoms. The van der Waals surface area contributed by atoms with Crippen LogP contribution in [-0.4, -0.2) is 45.4 Å². The Kier molecular flexibility index (Phi) is 5.42. The Morgan fingerprint density at radius 2 is 2.30 bits per heavy atom. The smallest absolute Gasteiger partial charge is 0.229 e. The summed E-state index contributed by atoms with van der Waals surface area (Å²) < 4.78 is 0. The molecule has 1 aromatic carbocycles. The molecule has 3 heterocycles. The van der Waals surface area contributed by atoms with Crippen LogP contribution < -0.4 is 5.32 Å². The van der Waals surface area contributed by atoms with Crippen molar-refractivity contribution in [2.24, 2.45) is 0 Å². The molecule has 1 N–H and O–H groups in total.